The number of amides is 1. The van der Waals surface area contributed by atoms with Gasteiger partial charge < -0.3 is 20.1 Å². The first-order chi connectivity index (χ1) is 16.3. The number of hydrogen-bond acceptors (Lipinski definition) is 5. The highest BCUT2D eigenvalue weighted by molar-refractivity contribution is 5.86. The fourth-order valence-corrected chi connectivity index (χ4v) is 5.11. The van der Waals surface area contributed by atoms with Crippen LogP contribution in [0.5, 0.6) is 0 Å². The minimum atomic E-state index is -1.21. The molecule has 0 bridgehead atoms. The lowest BCUT2D eigenvalue weighted by molar-refractivity contribution is -0.161. The van der Waals surface area contributed by atoms with Gasteiger partial charge in [-0.05, 0) is 75.0 Å². The normalized spacial score (nSPS) is 22.6. The molecule has 1 amide bonds. The molecule has 2 aromatic carbocycles. The maximum absolute atomic E-state index is 13.8. The number of methoxy groups -OCH3 is 1. The maximum Gasteiger partial charge on any atom is 0.254 e. The van der Waals surface area contributed by atoms with E-state index < -0.39 is 5.60 Å². The van der Waals surface area contributed by atoms with Crippen LogP contribution in [0.25, 0.3) is 11.1 Å². The molecule has 1 saturated carbocycles. The smallest absolute Gasteiger partial charge is 0.254 e. The highest BCUT2D eigenvalue weighted by Crippen LogP contribution is 2.36. The summed E-state index contributed by atoms with van der Waals surface area (Å²) < 4.78 is 19.3. The number of ether oxygens (including phenoxy) is 1. The highest BCUT2D eigenvalue weighted by atomic mass is 19.1. The van der Waals surface area contributed by atoms with Crippen molar-refractivity contribution in [1.29, 1.82) is 0 Å². The largest absolute Gasteiger partial charge is 0.380 e. The fourth-order valence-electron chi connectivity index (χ4n) is 5.11. The topological polar surface area (TPSA) is 65.0 Å². The van der Waals surface area contributed by atoms with E-state index in [0.29, 0.717) is 32.4 Å². The minimum absolute atomic E-state index is 0.0717. The van der Waals surface area contributed by atoms with E-state index in [1.807, 2.05) is 42.1 Å². The van der Waals surface area contributed by atoms with Gasteiger partial charge in [-0.15, -0.1) is 0 Å². The Balaban J connectivity index is 1.56. The molecule has 4 rings (SSSR count). The molecule has 2 fully saturated rings. The van der Waals surface area contributed by atoms with E-state index >= 15 is 0 Å². The Labute approximate surface area is 201 Å². The zero-order chi connectivity index (χ0) is 24.3. The first kappa shape index (κ1) is 24.8. The van der Waals surface area contributed by atoms with Crippen LogP contribution in [0.1, 0.15) is 31.2 Å². The average molecular weight is 470 g/mol. The molecule has 1 heterocycles. The molecule has 3 atom stereocenters. The van der Waals surface area contributed by atoms with E-state index in [2.05, 4.69) is 17.4 Å². The molecule has 6 nitrogen and oxygen atoms in total. The minimum Gasteiger partial charge on any atom is -0.380 e. The zero-order valence-corrected chi connectivity index (χ0v) is 20.3. The van der Waals surface area contributed by atoms with Crippen molar-refractivity contribution in [3.63, 3.8) is 0 Å². The van der Waals surface area contributed by atoms with Crippen molar-refractivity contribution >= 4 is 5.91 Å². The molecule has 0 spiro atoms. The molecule has 0 radical (unpaired) electrons. The third-order valence-corrected chi connectivity index (χ3v) is 7.32. The van der Waals surface area contributed by atoms with E-state index in [-0.39, 0.29) is 30.0 Å². The van der Waals surface area contributed by atoms with Gasteiger partial charge in [-0.1, -0.05) is 36.4 Å². The van der Waals surface area contributed by atoms with Crippen molar-refractivity contribution in [2.75, 3.05) is 34.3 Å². The number of nitrogens with one attached hydrogen (secondary N) is 1. The van der Waals surface area contributed by atoms with Crippen LogP contribution >= 0.6 is 0 Å². The molecular weight excluding hydrogens is 433 g/mol. The molecule has 1 saturated heterocycles. The summed E-state index contributed by atoms with van der Waals surface area (Å²) in [4.78, 5) is 17.2. The third-order valence-electron chi connectivity index (χ3n) is 7.32. The van der Waals surface area contributed by atoms with Gasteiger partial charge >= 0.3 is 0 Å². The first-order valence-corrected chi connectivity index (χ1v) is 12.1. The average Bonchev–Trinajstić information content (AvgIpc) is 3.19. The van der Waals surface area contributed by atoms with Crippen molar-refractivity contribution in [2.24, 2.45) is 0 Å². The van der Waals surface area contributed by atoms with Gasteiger partial charge in [0.05, 0.1) is 6.04 Å². The van der Waals surface area contributed by atoms with Gasteiger partial charge in [0, 0.05) is 26.2 Å². The number of hydrogen-bond donors (Lipinski definition) is 2. The summed E-state index contributed by atoms with van der Waals surface area (Å²) in [6.45, 7) is 1.26. The number of carbonyl (C=O) groups excluding carboxylic acids is 1. The first-order valence-electron chi connectivity index (χ1n) is 12.1. The van der Waals surface area contributed by atoms with E-state index in [0.717, 1.165) is 29.5 Å². The van der Waals surface area contributed by atoms with Gasteiger partial charge in [-0.3, -0.25) is 9.69 Å². The fraction of sp³-hybridized carbons (Fsp3) is 0.519. The predicted molar refractivity (Wildman–Crippen MR) is 131 cm³/mol. The maximum atomic E-state index is 13.8. The van der Waals surface area contributed by atoms with Gasteiger partial charge in [0.25, 0.3) is 5.91 Å². The molecule has 1 aliphatic carbocycles. The van der Waals surface area contributed by atoms with Crippen molar-refractivity contribution < 1.29 is 19.0 Å². The molecule has 184 valence electrons. The molecule has 0 aromatic heterocycles. The van der Waals surface area contributed by atoms with E-state index in [9.17, 15) is 14.3 Å². The van der Waals surface area contributed by atoms with Crippen LogP contribution in [0.15, 0.2) is 48.5 Å². The van der Waals surface area contributed by atoms with Crippen molar-refractivity contribution in [1.82, 2.24) is 15.1 Å². The second-order valence-electron chi connectivity index (χ2n) is 9.82. The number of likely N-dealkylation sites (tertiary alicyclic amines) is 1. The lowest BCUT2D eigenvalue weighted by Gasteiger charge is -2.40. The number of carbonyl (C=O) groups is 1. The number of halogens is 1. The SMILES string of the molecule is COC(CN[C@H]1CCN(C(=O)C2(O)CCC2)[C@H]1Cc1cccc(-c2cccc(F)c2)c1)N(C)C. The summed E-state index contributed by atoms with van der Waals surface area (Å²) in [6, 6.07) is 14.7. The Morgan fingerprint density at radius 2 is 1.94 bits per heavy atom. The Hall–Kier alpha value is -2.32. The Morgan fingerprint density at radius 3 is 2.56 bits per heavy atom. The zero-order valence-electron chi connectivity index (χ0n) is 20.3. The summed E-state index contributed by atoms with van der Waals surface area (Å²) in [5.74, 6) is -0.410. The molecule has 2 aliphatic rings. The Morgan fingerprint density at radius 1 is 1.24 bits per heavy atom. The lowest BCUT2D eigenvalue weighted by Crippen LogP contribution is -2.57. The molecule has 2 N–H and O–H groups in total. The molecule has 1 aliphatic heterocycles. The molecule has 7 heteroatoms. The van der Waals surface area contributed by atoms with Gasteiger partial charge in [0.2, 0.25) is 0 Å². The van der Waals surface area contributed by atoms with E-state index in [1.165, 1.54) is 12.1 Å². The second kappa shape index (κ2) is 10.5. The van der Waals surface area contributed by atoms with Crippen LogP contribution in [0.3, 0.4) is 0 Å². The molecular formula is C27H36FN3O3. The van der Waals surface area contributed by atoms with Crippen LogP contribution in [0.2, 0.25) is 0 Å². The van der Waals surface area contributed by atoms with Gasteiger partial charge in [0.15, 0.2) is 0 Å². The van der Waals surface area contributed by atoms with Gasteiger partial charge in [-0.2, -0.15) is 0 Å². The number of benzene rings is 2. The van der Waals surface area contributed by atoms with Crippen molar-refractivity contribution in [2.45, 2.75) is 56.0 Å². The van der Waals surface area contributed by atoms with E-state index in [4.69, 9.17) is 4.74 Å². The molecule has 34 heavy (non-hydrogen) atoms. The standard InChI is InChI=1S/C27H36FN3O3/c1-30(2)25(34-3)18-29-23-11-14-31(26(32)27(33)12-6-13-27)24(23)16-19-7-4-8-20(15-19)21-9-5-10-22(28)17-21/h4-5,7-10,15,17,23-25,29,33H,6,11-14,16,18H2,1-3H3/t23-,24-,25?/m0/s1. The Kier molecular flexibility index (Phi) is 7.67. The van der Waals surface area contributed by atoms with Crippen molar-refractivity contribution in [3.8, 4) is 11.1 Å². The highest BCUT2D eigenvalue weighted by Gasteiger charge is 2.48. The number of rotatable bonds is 9. The van der Waals surface area contributed by atoms with Crippen LogP contribution in [-0.4, -0.2) is 79.0 Å². The summed E-state index contributed by atoms with van der Waals surface area (Å²) in [6.07, 6.45) is 3.36. The van der Waals surface area contributed by atoms with Gasteiger partial charge in [0.1, 0.15) is 17.6 Å². The third kappa shape index (κ3) is 5.33. The van der Waals surface area contributed by atoms with Crippen LogP contribution in [0, 0.1) is 5.82 Å². The summed E-state index contributed by atoms with van der Waals surface area (Å²) in [7, 11) is 5.64. The quantitative estimate of drug-likeness (QED) is 0.553. The summed E-state index contributed by atoms with van der Waals surface area (Å²) >= 11 is 0. The monoisotopic (exact) mass is 469 g/mol. The van der Waals surface area contributed by atoms with Crippen LogP contribution in [-0.2, 0) is 16.0 Å². The Bertz CT molecular complexity index is 995. The second-order valence-corrected chi connectivity index (χ2v) is 9.82. The van der Waals surface area contributed by atoms with E-state index in [1.54, 1.807) is 13.2 Å². The van der Waals surface area contributed by atoms with Crippen LogP contribution < -0.4 is 5.32 Å². The molecule has 1 unspecified atom stereocenters. The van der Waals surface area contributed by atoms with Crippen LogP contribution in [0.4, 0.5) is 4.39 Å². The lowest BCUT2D eigenvalue weighted by atomic mass is 9.79. The summed E-state index contributed by atoms with van der Waals surface area (Å²) in [5, 5.41) is 14.4. The molecule has 2 aromatic rings. The number of nitrogens with zero attached hydrogens (tertiary/aromatic N) is 2. The van der Waals surface area contributed by atoms with Gasteiger partial charge in [-0.25, -0.2) is 4.39 Å². The summed E-state index contributed by atoms with van der Waals surface area (Å²) in [5.41, 5.74) is 1.64. The number of likely N-dealkylation sites (N-methyl/N-ethyl adjacent to an activating group) is 1. The van der Waals surface area contributed by atoms with Crippen molar-refractivity contribution in [3.05, 3.63) is 59.9 Å². The predicted octanol–water partition coefficient (Wildman–Crippen LogP) is 3.04. The number of aliphatic hydroxyl groups is 1.